The van der Waals surface area contributed by atoms with Crippen LogP contribution in [0.1, 0.15) is 16.7 Å². The van der Waals surface area contributed by atoms with Crippen molar-refractivity contribution in [3.05, 3.63) is 119 Å². The Morgan fingerprint density at radius 3 is 2.24 bits per heavy atom. The van der Waals surface area contributed by atoms with Crippen molar-refractivity contribution in [3.63, 3.8) is 0 Å². The monoisotopic (exact) mass is 573 g/mol. The van der Waals surface area contributed by atoms with Crippen LogP contribution in [0.4, 0.5) is 5.69 Å². The summed E-state index contributed by atoms with van der Waals surface area (Å²) in [6, 6.07) is 30.0. The lowest BCUT2D eigenvalue weighted by atomic mass is 10.1. The van der Waals surface area contributed by atoms with Gasteiger partial charge < -0.3 is 14.0 Å². The van der Waals surface area contributed by atoms with E-state index in [2.05, 4.69) is 5.32 Å². The third-order valence-corrected chi connectivity index (χ3v) is 7.60. The largest absolute Gasteiger partial charge is 0.457 e. The van der Waals surface area contributed by atoms with E-state index in [0.29, 0.717) is 34.4 Å². The number of thiocarbonyl (C=S) groups is 1. The molecule has 0 unspecified atom stereocenters. The van der Waals surface area contributed by atoms with Gasteiger partial charge in [-0.2, -0.15) is 0 Å². The number of fused-ring (bicyclic) bond motifs is 1. The number of hydrogen-bond donors (Lipinski definition) is 1. The number of amides is 2. The van der Waals surface area contributed by atoms with Crippen molar-refractivity contribution in [2.75, 3.05) is 4.90 Å². The molecule has 1 fully saturated rings. The van der Waals surface area contributed by atoms with Gasteiger partial charge in [-0.25, -0.2) is 0 Å². The molecule has 1 N–H and O–H groups in total. The Morgan fingerprint density at radius 1 is 0.786 bits per heavy atom. The zero-order valence-electron chi connectivity index (χ0n) is 23.3. The molecule has 1 aliphatic rings. The Balaban J connectivity index is 1.39. The molecular formula is C34H27N3O4S. The summed E-state index contributed by atoms with van der Waals surface area (Å²) in [5, 5.41) is 3.52. The van der Waals surface area contributed by atoms with Crippen molar-refractivity contribution in [2.45, 2.75) is 13.8 Å². The predicted molar refractivity (Wildman–Crippen MR) is 168 cm³/mol. The lowest BCUT2D eigenvalue weighted by Crippen LogP contribution is -2.54. The van der Waals surface area contributed by atoms with E-state index in [9.17, 15) is 9.59 Å². The lowest BCUT2D eigenvalue weighted by molar-refractivity contribution is -0.122. The average molecular weight is 574 g/mol. The third-order valence-electron chi connectivity index (χ3n) is 7.32. The molecule has 42 heavy (non-hydrogen) atoms. The summed E-state index contributed by atoms with van der Waals surface area (Å²) in [7, 11) is 1.90. The Kier molecular flexibility index (Phi) is 7.06. The highest BCUT2D eigenvalue weighted by Crippen LogP contribution is 2.38. The first-order valence-electron chi connectivity index (χ1n) is 13.4. The fraction of sp³-hybridized carbons (Fsp3) is 0.0882. The fourth-order valence-corrected chi connectivity index (χ4v) is 5.21. The number of hydrogen-bond acceptors (Lipinski definition) is 5. The maximum atomic E-state index is 13.9. The molecule has 2 amide bonds. The molecule has 1 aromatic heterocycles. The molecule has 0 radical (unpaired) electrons. The van der Waals surface area contributed by atoms with Gasteiger partial charge in [0.2, 0.25) is 5.88 Å². The standard InChI is InChI=1S/C34H27N3O4S/c1-21-10-9-15-30(22(21)2)41-33-27(26-13-7-8-14-29(26)36(33)3)20-28-31(38)35-34(42)37(32(28)39)23-16-18-25(19-17-23)40-24-11-5-4-6-12-24/h4-20H,1-3H3,(H,35,38,42)/b28-20-. The Bertz CT molecular complexity index is 1890. The van der Waals surface area contributed by atoms with E-state index >= 15 is 0 Å². The van der Waals surface area contributed by atoms with Gasteiger partial charge in [0.15, 0.2) is 5.11 Å². The molecular weight excluding hydrogens is 546 g/mol. The van der Waals surface area contributed by atoms with E-state index in [1.54, 1.807) is 30.3 Å². The maximum Gasteiger partial charge on any atom is 0.270 e. The van der Waals surface area contributed by atoms with Gasteiger partial charge >= 0.3 is 0 Å². The van der Waals surface area contributed by atoms with Gasteiger partial charge in [-0.15, -0.1) is 0 Å². The highest BCUT2D eigenvalue weighted by molar-refractivity contribution is 7.80. The summed E-state index contributed by atoms with van der Waals surface area (Å²) < 4.78 is 14.3. The molecule has 7 nitrogen and oxygen atoms in total. The van der Waals surface area contributed by atoms with Crippen molar-refractivity contribution in [1.29, 1.82) is 0 Å². The van der Waals surface area contributed by atoms with Crippen molar-refractivity contribution < 1.29 is 19.1 Å². The Hall–Kier alpha value is -5.21. The molecule has 1 saturated heterocycles. The van der Waals surface area contributed by atoms with Crippen LogP contribution in [-0.2, 0) is 16.6 Å². The minimum Gasteiger partial charge on any atom is -0.457 e. The molecule has 6 rings (SSSR count). The first-order chi connectivity index (χ1) is 20.3. The van der Waals surface area contributed by atoms with Crippen LogP contribution in [0.3, 0.4) is 0 Å². The molecule has 4 aromatic carbocycles. The van der Waals surface area contributed by atoms with Gasteiger partial charge in [0.25, 0.3) is 11.8 Å². The number of nitrogens with zero attached hydrogens (tertiary/aromatic N) is 2. The SMILES string of the molecule is Cc1cccc(Oc2c(/C=C3/C(=O)NC(=S)N(c4ccc(Oc5ccccc5)cc4)C3=O)c3ccccc3n2C)c1C. The first-order valence-corrected chi connectivity index (χ1v) is 13.8. The number of carbonyl (C=O) groups excluding carboxylic acids is 2. The van der Waals surface area contributed by atoms with Crippen molar-refractivity contribution in [3.8, 4) is 23.1 Å². The molecule has 0 bridgehead atoms. The van der Waals surface area contributed by atoms with Crippen LogP contribution in [0.5, 0.6) is 23.1 Å². The highest BCUT2D eigenvalue weighted by Gasteiger charge is 2.35. The van der Waals surface area contributed by atoms with Gasteiger partial charge in [-0.1, -0.05) is 48.5 Å². The van der Waals surface area contributed by atoms with Crippen LogP contribution < -0.4 is 19.7 Å². The van der Waals surface area contributed by atoms with E-state index in [0.717, 1.165) is 22.0 Å². The van der Waals surface area contributed by atoms with E-state index in [-0.39, 0.29) is 10.7 Å². The number of nitrogens with one attached hydrogen (secondary N) is 1. The van der Waals surface area contributed by atoms with Crippen molar-refractivity contribution in [1.82, 2.24) is 9.88 Å². The smallest absolute Gasteiger partial charge is 0.270 e. The topological polar surface area (TPSA) is 72.8 Å². The number of aryl methyl sites for hydroxylation is 2. The van der Waals surface area contributed by atoms with Crippen molar-refractivity contribution >= 4 is 51.8 Å². The van der Waals surface area contributed by atoms with E-state index in [4.69, 9.17) is 21.7 Å². The highest BCUT2D eigenvalue weighted by atomic mass is 32.1. The van der Waals surface area contributed by atoms with Gasteiger partial charge in [0, 0.05) is 18.0 Å². The Morgan fingerprint density at radius 2 is 1.48 bits per heavy atom. The van der Waals surface area contributed by atoms with Gasteiger partial charge in [0.1, 0.15) is 22.8 Å². The quantitative estimate of drug-likeness (QED) is 0.132. The average Bonchev–Trinajstić information content (AvgIpc) is 3.25. The zero-order chi connectivity index (χ0) is 29.4. The molecule has 0 aliphatic carbocycles. The van der Waals surface area contributed by atoms with Crippen LogP contribution in [0, 0.1) is 13.8 Å². The lowest BCUT2D eigenvalue weighted by Gasteiger charge is -2.29. The molecule has 1 aliphatic heterocycles. The van der Waals surface area contributed by atoms with E-state index in [1.807, 2.05) is 98.3 Å². The molecule has 5 aromatic rings. The number of carbonyl (C=O) groups is 2. The van der Waals surface area contributed by atoms with Crippen LogP contribution >= 0.6 is 12.2 Å². The molecule has 0 spiro atoms. The summed E-state index contributed by atoms with van der Waals surface area (Å²) >= 11 is 5.42. The summed E-state index contributed by atoms with van der Waals surface area (Å²) in [5.41, 5.74) is 4.06. The second-order valence-corrected chi connectivity index (χ2v) is 10.3. The predicted octanol–water partition coefficient (Wildman–Crippen LogP) is 7.21. The Labute approximate surface area is 248 Å². The minimum absolute atomic E-state index is 0.00339. The van der Waals surface area contributed by atoms with E-state index < -0.39 is 11.8 Å². The summed E-state index contributed by atoms with van der Waals surface area (Å²) in [6.07, 6.45) is 1.59. The van der Waals surface area contributed by atoms with Gasteiger partial charge in [-0.05, 0) is 91.8 Å². The number of ether oxygens (including phenoxy) is 2. The number of benzene rings is 4. The summed E-state index contributed by atoms with van der Waals surface area (Å²) in [5.74, 6) is 1.40. The van der Waals surface area contributed by atoms with Crippen LogP contribution in [0.15, 0.2) is 103 Å². The number of rotatable bonds is 6. The van der Waals surface area contributed by atoms with Gasteiger partial charge in [0.05, 0.1) is 11.2 Å². The minimum atomic E-state index is -0.573. The molecule has 0 saturated carbocycles. The molecule has 8 heteroatoms. The van der Waals surface area contributed by atoms with Crippen LogP contribution in [0.2, 0.25) is 0 Å². The summed E-state index contributed by atoms with van der Waals surface area (Å²) in [4.78, 5) is 28.4. The molecule has 0 atom stereocenters. The third kappa shape index (κ3) is 4.93. The second kappa shape index (κ2) is 11.0. The summed E-state index contributed by atoms with van der Waals surface area (Å²) in [6.45, 7) is 4.02. The normalized spacial score (nSPS) is 14.4. The van der Waals surface area contributed by atoms with E-state index in [1.165, 1.54) is 4.90 Å². The van der Waals surface area contributed by atoms with Crippen molar-refractivity contribution in [2.24, 2.45) is 7.05 Å². The second-order valence-electron chi connectivity index (χ2n) is 9.96. The maximum absolute atomic E-state index is 13.9. The molecule has 208 valence electrons. The van der Waals surface area contributed by atoms with Crippen LogP contribution in [0.25, 0.3) is 17.0 Å². The van der Waals surface area contributed by atoms with Gasteiger partial charge in [-0.3, -0.25) is 19.8 Å². The van der Waals surface area contributed by atoms with Crippen LogP contribution in [-0.4, -0.2) is 21.5 Å². The number of aromatic nitrogens is 1. The number of para-hydroxylation sites is 2. The number of anilines is 1. The molecule has 2 heterocycles. The first kappa shape index (κ1) is 27.0. The zero-order valence-corrected chi connectivity index (χ0v) is 24.1. The fourth-order valence-electron chi connectivity index (χ4n) is 4.93.